The molecule has 0 aromatic heterocycles. The molecule has 8 nitrogen and oxygen atoms in total. The molecule has 2 N–H and O–H groups in total. The maximum atomic E-state index is 12.2. The van der Waals surface area contributed by atoms with Crippen molar-refractivity contribution in [2.45, 2.75) is 18.2 Å². The largest absolute Gasteiger partial charge is 0.325 e. The lowest BCUT2D eigenvalue weighted by molar-refractivity contribution is -0.384. The van der Waals surface area contributed by atoms with Crippen LogP contribution in [0.5, 0.6) is 0 Å². The second-order valence-electron chi connectivity index (χ2n) is 5.25. The van der Waals surface area contributed by atoms with Crippen molar-refractivity contribution in [3.05, 3.63) is 63.2 Å². The third kappa shape index (κ3) is 4.78. The Balaban J connectivity index is 2.09. The van der Waals surface area contributed by atoms with Crippen LogP contribution in [-0.2, 0) is 21.2 Å². The number of halogens is 1. The van der Waals surface area contributed by atoms with Gasteiger partial charge in [-0.05, 0) is 30.2 Å². The number of sulfonamides is 1. The van der Waals surface area contributed by atoms with Crippen LogP contribution in [0.2, 0.25) is 5.02 Å². The highest BCUT2D eigenvalue weighted by Crippen LogP contribution is 2.26. The van der Waals surface area contributed by atoms with Gasteiger partial charge in [0.05, 0.1) is 16.4 Å². The van der Waals surface area contributed by atoms with Gasteiger partial charge in [-0.1, -0.05) is 36.7 Å². The highest BCUT2D eigenvalue weighted by atomic mass is 35.5. The van der Waals surface area contributed by atoms with Crippen LogP contribution in [0.1, 0.15) is 12.5 Å². The summed E-state index contributed by atoms with van der Waals surface area (Å²) in [6, 6.07) is 10.2. The summed E-state index contributed by atoms with van der Waals surface area (Å²) in [5, 5.41) is 13.3. The second kappa shape index (κ2) is 8.26. The predicted octanol–water partition coefficient (Wildman–Crippen LogP) is 2.73. The molecule has 10 heteroatoms. The van der Waals surface area contributed by atoms with Gasteiger partial charge in [-0.15, -0.1) is 0 Å². The van der Waals surface area contributed by atoms with E-state index in [-0.39, 0.29) is 9.92 Å². The van der Waals surface area contributed by atoms with Crippen molar-refractivity contribution in [2.24, 2.45) is 0 Å². The summed E-state index contributed by atoms with van der Waals surface area (Å²) >= 11 is 5.67. The molecule has 0 saturated carbocycles. The number of anilines is 1. The average molecular weight is 398 g/mol. The van der Waals surface area contributed by atoms with E-state index in [1.807, 2.05) is 19.1 Å². The van der Waals surface area contributed by atoms with Crippen LogP contribution < -0.4 is 10.0 Å². The first kappa shape index (κ1) is 19.8. The Morgan fingerprint density at radius 1 is 1.23 bits per heavy atom. The van der Waals surface area contributed by atoms with Crippen molar-refractivity contribution in [3.8, 4) is 0 Å². The van der Waals surface area contributed by atoms with Gasteiger partial charge in [0.2, 0.25) is 15.9 Å². The molecule has 0 heterocycles. The van der Waals surface area contributed by atoms with Gasteiger partial charge < -0.3 is 5.32 Å². The van der Waals surface area contributed by atoms with E-state index in [1.54, 1.807) is 12.1 Å². The van der Waals surface area contributed by atoms with Gasteiger partial charge in [0.15, 0.2) is 0 Å². The first-order chi connectivity index (χ1) is 12.2. The average Bonchev–Trinajstić information content (AvgIpc) is 2.60. The molecule has 0 unspecified atom stereocenters. The summed E-state index contributed by atoms with van der Waals surface area (Å²) < 4.78 is 26.6. The van der Waals surface area contributed by atoms with Crippen molar-refractivity contribution in [3.63, 3.8) is 0 Å². The van der Waals surface area contributed by atoms with Crippen LogP contribution in [-0.4, -0.2) is 25.8 Å². The summed E-state index contributed by atoms with van der Waals surface area (Å²) in [7, 11) is -4.11. The lowest BCUT2D eigenvalue weighted by atomic mass is 10.1. The van der Waals surface area contributed by atoms with Gasteiger partial charge >= 0.3 is 0 Å². The molecule has 0 aliphatic rings. The molecule has 0 atom stereocenters. The number of hydrogen-bond acceptors (Lipinski definition) is 5. The molecule has 0 aliphatic heterocycles. The Kier molecular flexibility index (Phi) is 6.30. The first-order valence-electron chi connectivity index (χ1n) is 7.56. The molecular formula is C16H16ClN3O5S. The zero-order chi connectivity index (χ0) is 19.3. The molecule has 0 radical (unpaired) electrons. The Morgan fingerprint density at radius 3 is 2.58 bits per heavy atom. The Morgan fingerprint density at radius 2 is 1.92 bits per heavy atom. The number of carbonyl (C=O) groups is 1. The fraction of sp³-hybridized carbons (Fsp3) is 0.188. The van der Waals surface area contributed by atoms with Gasteiger partial charge in [-0.25, -0.2) is 13.1 Å². The van der Waals surface area contributed by atoms with Crippen LogP contribution in [0.4, 0.5) is 11.4 Å². The lowest BCUT2D eigenvalue weighted by Gasteiger charge is -2.11. The minimum absolute atomic E-state index is 0.178. The Bertz CT molecular complexity index is 947. The van der Waals surface area contributed by atoms with Crippen molar-refractivity contribution in [2.75, 3.05) is 11.9 Å². The fourth-order valence-electron chi connectivity index (χ4n) is 2.19. The quantitative estimate of drug-likeness (QED) is 0.550. The van der Waals surface area contributed by atoms with Gasteiger partial charge in [-0.3, -0.25) is 14.9 Å². The van der Waals surface area contributed by atoms with E-state index in [2.05, 4.69) is 10.0 Å². The molecule has 0 spiro atoms. The molecule has 1 amide bonds. The van der Waals surface area contributed by atoms with E-state index >= 15 is 0 Å². The minimum Gasteiger partial charge on any atom is -0.325 e. The molecule has 2 aromatic rings. The van der Waals surface area contributed by atoms with Crippen LogP contribution in [0.15, 0.2) is 47.4 Å². The van der Waals surface area contributed by atoms with E-state index in [0.29, 0.717) is 12.1 Å². The fourth-order valence-corrected chi connectivity index (χ4v) is 3.38. The van der Waals surface area contributed by atoms with Gasteiger partial charge in [0.1, 0.15) is 5.02 Å². The molecule has 2 rings (SSSR count). The number of nitro groups is 1. The minimum atomic E-state index is -4.11. The van der Waals surface area contributed by atoms with Crippen molar-refractivity contribution in [1.82, 2.24) is 4.72 Å². The summed E-state index contributed by atoms with van der Waals surface area (Å²) in [6.07, 6.45) is 0.705. The molecule has 2 aromatic carbocycles. The van der Waals surface area contributed by atoms with Crippen LogP contribution in [0, 0.1) is 10.1 Å². The summed E-state index contributed by atoms with van der Waals surface area (Å²) in [6.45, 7) is 1.41. The third-order valence-electron chi connectivity index (χ3n) is 3.52. The van der Waals surface area contributed by atoms with E-state index in [1.165, 1.54) is 0 Å². The number of benzene rings is 2. The van der Waals surface area contributed by atoms with E-state index in [9.17, 15) is 23.3 Å². The standard InChI is InChI=1S/C16H16ClN3O5S/c1-2-11-5-3-4-6-14(11)19-16(21)10-18-26(24,25)12-7-8-13(17)15(9-12)20(22)23/h3-9,18H,2,10H2,1H3,(H,19,21). The van der Waals surface area contributed by atoms with Gasteiger partial charge in [0, 0.05) is 11.8 Å². The highest BCUT2D eigenvalue weighted by molar-refractivity contribution is 7.89. The molecule has 0 bridgehead atoms. The number of nitro benzene ring substituents is 1. The van der Waals surface area contributed by atoms with Gasteiger partial charge in [-0.2, -0.15) is 0 Å². The lowest BCUT2D eigenvalue weighted by Crippen LogP contribution is -2.33. The molecule has 0 aliphatic carbocycles. The second-order valence-corrected chi connectivity index (χ2v) is 7.43. The number of nitrogens with one attached hydrogen (secondary N) is 2. The monoisotopic (exact) mass is 397 g/mol. The van der Waals surface area contributed by atoms with Crippen LogP contribution in [0.25, 0.3) is 0 Å². The molecule has 0 fully saturated rings. The first-order valence-corrected chi connectivity index (χ1v) is 9.42. The number of rotatable bonds is 7. The zero-order valence-electron chi connectivity index (χ0n) is 13.7. The van der Waals surface area contributed by atoms with Crippen molar-refractivity contribution >= 4 is 38.9 Å². The van der Waals surface area contributed by atoms with Crippen LogP contribution >= 0.6 is 11.6 Å². The maximum absolute atomic E-state index is 12.2. The molecule has 138 valence electrons. The number of nitrogens with zero attached hydrogens (tertiary/aromatic N) is 1. The van der Waals surface area contributed by atoms with Crippen molar-refractivity contribution < 1.29 is 18.1 Å². The van der Waals surface area contributed by atoms with E-state index in [4.69, 9.17) is 11.6 Å². The smallest absolute Gasteiger partial charge is 0.289 e. The molecular weight excluding hydrogens is 382 g/mol. The Hall–Kier alpha value is -2.49. The summed E-state index contributed by atoms with van der Waals surface area (Å²) in [5.41, 5.74) is 0.981. The summed E-state index contributed by atoms with van der Waals surface area (Å²) in [5.74, 6) is -0.557. The van der Waals surface area contributed by atoms with E-state index in [0.717, 1.165) is 23.8 Å². The third-order valence-corrected chi connectivity index (χ3v) is 5.24. The van der Waals surface area contributed by atoms with Gasteiger partial charge in [0.25, 0.3) is 5.69 Å². The van der Waals surface area contributed by atoms with Crippen LogP contribution in [0.3, 0.4) is 0 Å². The summed E-state index contributed by atoms with van der Waals surface area (Å²) in [4.78, 5) is 21.8. The SMILES string of the molecule is CCc1ccccc1NC(=O)CNS(=O)(=O)c1ccc(Cl)c([N+](=O)[O-])c1. The normalized spacial score (nSPS) is 11.2. The number of para-hydroxylation sites is 1. The zero-order valence-corrected chi connectivity index (χ0v) is 15.3. The predicted molar refractivity (Wildman–Crippen MR) is 97.7 cm³/mol. The highest BCUT2D eigenvalue weighted by Gasteiger charge is 2.21. The number of hydrogen-bond donors (Lipinski definition) is 2. The molecule has 26 heavy (non-hydrogen) atoms. The number of aryl methyl sites for hydroxylation is 1. The number of amides is 1. The Labute approximate surface area is 155 Å². The maximum Gasteiger partial charge on any atom is 0.289 e. The van der Waals surface area contributed by atoms with Crippen molar-refractivity contribution in [1.29, 1.82) is 0 Å². The van der Waals surface area contributed by atoms with E-state index < -0.39 is 33.1 Å². The molecule has 0 saturated heterocycles. The number of carbonyl (C=O) groups excluding carboxylic acids is 1. The topological polar surface area (TPSA) is 118 Å².